The molecular formula is C17H23N3S. The number of fused-ring (bicyclic) bond motifs is 1. The van der Waals surface area contributed by atoms with E-state index in [2.05, 4.69) is 43.9 Å². The monoisotopic (exact) mass is 301 g/mol. The predicted octanol–water partition coefficient (Wildman–Crippen LogP) is 3.68. The van der Waals surface area contributed by atoms with E-state index in [9.17, 15) is 0 Å². The molecule has 0 aliphatic heterocycles. The van der Waals surface area contributed by atoms with Gasteiger partial charge < -0.3 is 10.6 Å². The maximum absolute atomic E-state index is 5.66. The van der Waals surface area contributed by atoms with Gasteiger partial charge in [0.05, 0.1) is 10.5 Å². The summed E-state index contributed by atoms with van der Waals surface area (Å²) in [6.45, 7) is 8.31. The smallest absolute Gasteiger partial charge is 0.132 e. The average molecular weight is 301 g/mol. The van der Waals surface area contributed by atoms with Crippen molar-refractivity contribution in [3.8, 4) is 0 Å². The van der Waals surface area contributed by atoms with Crippen LogP contribution in [0.2, 0.25) is 0 Å². The molecule has 0 unspecified atom stereocenters. The highest BCUT2D eigenvalue weighted by molar-refractivity contribution is 7.80. The Bertz CT molecular complexity index is 637. The highest BCUT2D eigenvalue weighted by Gasteiger charge is 2.14. The van der Waals surface area contributed by atoms with Crippen LogP contribution in [0.15, 0.2) is 30.3 Å². The molecule has 1 aromatic heterocycles. The summed E-state index contributed by atoms with van der Waals surface area (Å²) in [5.41, 5.74) is 7.88. The lowest BCUT2D eigenvalue weighted by atomic mass is 10.1. The Labute approximate surface area is 132 Å². The van der Waals surface area contributed by atoms with Gasteiger partial charge in [0.2, 0.25) is 0 Å². The molecule has 0 aliphatic carbocycles. The number of rotatable bonds is 6. The zero-order valence-electron chi connectivity index (χ0n) is 13.0. The number of aryl methyl sites for hydroxylation is 1. The number of anilines is 1. The minimum absolute atomic E-state index is 0.558. The van der Waals surface area contributed by atoms with Crippen molar-refractivity contribution in [1.82, 2.24) is 4.98 Å². The van der Waals surface area contributed by atoms with Gasteiger partial charge in [0.1, 0.15) is 5.82 Å². The second-order valence-corrected chi connectivity index (χ2v) is 6.40. The number of para-hydroxylation sites is 1. The Kier molecular flexibility index (Phi) is 5.12. The fourth-order valence-electron chi connectivity index (χ4n) is 2.50. The van der Waals surface area contributed by atoms with Crippen LogP contribution in [-0.2, 0) is 0 Å². The van der Waals surface area contributed by atoms with E-state index in [-0.39, 0.29) is 0 Å². The SMILES string of the molecule is Cc1cc2ccccc2nc1N(CCC(N)=S)CC(C)C. The van der Waals surface area contributed by atoms with Gasteiger partial charge in [0.15, 0.2) is 0 Å². The highest BCUT2D eigenvalue weighted by atomic mass is 32.1. The lowest BCUT2D eigenvalue weighted by molar-refractivity contribution is 0.609. The molecule has 112 valence electrons. The number of aromatic nitrogens is 1. The largest absolute Gasteiger partial charge is 0.393 e. The molecule has 1 heterocycles. The Morgan fingerprint density at radius 1 is 1.33 bits per heavy atom. The summed E-state index contributed by atoms with van der Waals surface area (Å²) in [4.78, 5) is 7.70. The molecule has 1 aromatic carbocycles. The van der Waals surface area contributed by atoms with Crippen LogP contribution < -0.4 is 10.6 Å². The Hall–Kier alpha value is -1.68. The minimum Gasteiger partial charge on any atom is -0.393 e. The first kappa shape index (κ1) is 15.7. The number of hydrogen-bond acceptors (Lipinski definition) is 3. The molecular weight excluding hydrogens is 278 g/mol. The van der Waals surface area contributed by atoms with E-state index in [0.29, 0.717) is 10.9 Å². The van der Waals surface area contributed by atoms with Gasteiger partial charge in [0.25, 0.3) is 0 Å². The van der Waals surface area contributed by atoms with Crippen molar-refractivity contribution in [2.45, 2.75) is 27.2 Å². The second-order valence-electron chi connectivity index (χ2n) is 5.88. The lowest BCUT2D eigenvalue weighted by Crippen LogP contribution is -2.32. The van der Waals surface area contributed by atoms with Crippen molar-refractivity contribution in [3.63, 3.8) is 0 Å². The number of pyridine rings is 1. The first-order valence-electron chi connectivity index (χ1n) is 7.37. The van der Waals surface area contributed by atoms with Crippen molar-refractivity contribution in [2.24, 2.45) is 11.7 Å². The van der Waals surface area contributed by atoms with Crippen LogP contribution in [0.25, 0.3) is 10.9 Å². The van der Waals surface area contributed by atoms with Gasteiger partial charge in [-0.3, -0.25) is 0 Å². The van der Waals surface area contributed by atoms with Gasteiger partial charge >= 0.3 is 0 Å². The van der Waals surface area contributed by atoms with Gasteiger partial charge in [-0.05, 0) is 30.5 Å². The summed E-state index contributed by atoms with van der Waals surface area (Å²) in [5, 5.41) is 1.18. The number of nitrogens with two attached hydrogens (primary N) is 1. The van der Waals surface area contributed by atoms with E-state index in [0.717, 1.165) is 30.8 Å². The third-order valence-corrected chi connectivity index (χ3v) is 3.61. The Balaban J connectivity index is 2.37. The van der Waals surface area contributed by atoms with Crippen LogP contribution in [0.5, 0.6) is 0 Å². The van der Waals surface area contributed by atoms with Crippen LogP contribution in [0, 0.1) is 12.8 Å². The lowest BCUT2D eigenvalue weighted by Gasteiger charge is -2.27. The predicted molar refractivity (Wildman–Crippen MR) is 94.9 cm³/mol. The highest BCUT2D eigenvalue weighted by Crippen LogP contribution is 2.23. The molecule has 2 N–H and O–H groups in total. The van der Waals surface area contributed by atoms with Gasteiger partial charge in [-0.2, -0.15) is 0 Å². The molecule has 0 spiro atoms. The maximum Gasteiger partial charge on any atom is 0.132 e. The number of hydrogen-bond donors (Lipinski definition) is 1. The van der Waals surface area contributed by atoms with Crippen LogP contribution in [0.1, 0.15) is 25.8 Å². The summed E-state index contributed by atoms with van der Waals surface area (Å²) in [7, 11) is 0. The molecule has 0 amide bonds. The summed E-state index contributed by atoms with van der Waals surface area (Å²) < 4.78 is 0. The molecule has 0 aliphatic rings. The van der Waals surface area contributed by atoms with Crippen molar-refractivity contribution in [1.29, 1.82) is 0 Å². The Morgan fingerprint density at radius 2 is 2.05 bits per heavy atom. The molecule has 0 saturated heterocycles. The molecule has 0 bridgehead atoms. The van der Waals surface area contributed by atoms with Crippen molar-refractivity contribution in [2.75, 3.05) is 18.0 Å². The topological polar surface area (TPSA) is 42.2 Å². The van der Waals surface area contributed by atoms with E-state index in [1.807, 2.05) is 12.1 Å². The summed E-state index contributed by atoms with van der Waals surface area (Å²) in [6.07, 6.45) is 0.718. The molecule has 2 rings (SSSR count). The summed E-state index contributed by atoms with van der Waals surface area (Å²) in [6, 6.07) is 10.4. The van der Waals surface area contributed by atoms with Crippen molar-refractivity contribution < 1.29 is 0 Å². The van der Waals surface area contributed by atoms with Gasteiger partial charge in [0, 0.05) is 24.9 Å². The Morgan fingerprint density at radius 3 is 2.71 bits per heavy atom. The third kappa shape index (κ3) is 4.14. The zero-order valence-corrected chi connectivity index (χ0v) is 13.8. The average Bonchev–Trinajstić information content (AvgIpc) is 2.42. The number of benzene rings is 1. The van der Waals surface area contributed by atoms with Crippen LogP contribution in [-0.4, -0.2) is 23.1 Å². The minimum atomic E-state index is 0.558. The van der Waals surface area contributed by atoms with Gasteiger partial charge in [-0.15, -0.1) is 0 Å². The van der Waals surface area contributed by atoms with Crippen LogP contribution >= 0.6 is 12.2 Å². The van der Waals surface area contributed by atoms with E-state index in [1.165, 1.54) is 10.9 Å². The zero-order chi connectivity index (χ0) is 15.4. The molecule has 3 nitrogen and oxygen atoms in total. The van der Waals surface area contributed by atoms with Crippen LogP contribution in [0.3, 0.4) is 0 Å². The fourth-order valence-corrected chi connectivity index (χ4v) is 2.59. The van der Waals surface area contributed by atoms with E-state index in [1.54, 1.807) is 0 Å². The first-order chi connectivity index (χ1) is 9.97. The molecule has 4 heteroatoms. The maximum atomic E-state index is 5.66. The van der Waals surface area contributed by atoms with E-state index < -0.39 is 0 Å². The quantitative estimate of drug-likeness (QED) is 0.826. The number of thiocarbonyl (C=S) groups is 1. The molecule has 0 radical (unpaired) electrons. The van der Waals surface area contributed by atoms with Crippen molar-refractivity contribution >= 4 is 33.9 Å². The summed E-state index contributed by atoms with van der Waals surface area (Å²) >= 11 is 5.02. The molecule has 0 saturated carbocycles. The van der Waals surface area contributed by atoms with Crippen molar-refractivity contribution in [3.05, 3.63) is 35.9 Å². The molecule has 0 atom stereocenters. The normalized spacial score (nSPS) is 11.0. The second kappa shape index (κ2) is 6.85. The molecule has 21 heavy (non-hydrogen) atoms. The fraction of sp³-hybridized carbons (Fsp3) is 0.412. The standard InChI is InChI=1S/C17H23N3S/c1-12(2)11-20(9-8-16(18)21)17-13(3)10-14-6-4-5-7-15(14)19-17/h4-7,10,12H,8-9,11H2,1-3H3,(H2,18,21). The number of nitrogens with zero attached hydrogens (tertiary/aromatic N) is 2. The molecule has 2 aromatic rings. The van der Waals surface area contributed by atoms with E-state index >= 15 is 0 Å². The molecule has 0 fully saturated rings. The van der Waals surface area contributed by atoms with E-state index in [4.69, 9.17) is 22.9 Å². The van der Waals surface area contributed by atoms with Gasteiger partial charge in [-0.25, -0.2) is 4.98 Å². The first-order valence-corrected chi connectivity index (χ1v) is 7.78. The van der Waals surface area contributed by atoms with Crippen LogP contribution in [0.4, 0.5) is 5.82 Å². The summed E-state index contributed by atoms with van der Waals surface area (Å²) in [5.74, 6) is 1.60. The third-order valence-electron chi connectivity index (χ3n) is 3.40. The van der Waals surface area contributed by atoms with Gasteiger partial charge in [-0.1, -0.05) is 44.3 Å².